The van der Waals surface area contributed by atoms with E-state index in [0.29, 0.717) is 18.7 Å². The van der Waals surface area contributed by atoms with Crippen LogP contribution in [-0.2, 0) is 4.79 Å². The smallest absolute Gasteiger partial charge is 0.254 e. The van der Waals surface area contributed by atoms with Gasteiger partial charge in [-0.15, -0.1) is 22.7 Å². The van der Waals surface area contributed by atoms with Crippen LogP contribution >= 0.6 is 22.7 Å². The summed E-state index contributed by atoms with van der Waals surface area (Å²) >= 11 is 3.00. The molecule has 4 rings (SSSR count). The van der Waals surface area contributed by atoms with Crippen molar-refractivity contribution in [3.8, 4) is 0 Å². The Morgan fingerprint density at radius 2 is 2.22 bits per heavy atom. The first kappa shape index (κ1) is 14.3. The first-order valence-corrected chi connectivity index (χ1v) is 8.95. The van der Waals surface area contributed by atoms with Crippen molar-refractivity contribution in [2.24, 2.45) is 0 Å². The second kappa shape index (κ2) is 5.75. The Balaban J connectivity index is 1.71. The van der Waals surface area contributed by atoms with Crippen molar-refractivity contribution in [1.29, 1.82) is 0 Å². The van der Waals surface area contributed by atoms with E-state index in [1.165, 1.54) is 22.7 Å². The number of thiazole rings is 1. The molecule has 1 fully saturated rings. The number of amides is 2. The zero-order valence-electron chi connectivity index (χ0n) is 12.1. The molecule has 116 valence electrons. The number of piperazine rings is 1. The van der Waals surface area contributed by atoms with E-state index in [-0.39, 0.29) is 11.8 Å². The van der Waals surface area contributed by atoms with Gasteiger partial charge in [-0.2, -0.15) is 0 Å². The predicted octanol–water partition coefficient (Wildman–Crippen LogP) is 2.67. The fraction of sp³-hybridized carbons (Fsp3) is 0.188. The van der Waals surface area contributed by atoms with Gasteiger partial charge in [-0.25, -0.2) is 4.98 Å². The number of rotatable bonds is 2. The lowest BCUT2D eigenvalue weighted by atomic mass is 10.1. The Morgan fingerprint density at radius 1 is 1.30 bits per heavy atom. The highest BCUT2D eigenvalue weighted by Crippen LogP contribution is 2.29. The van der Waals surface area contributed by atoms with E-state index in [9.17, 15) is 9.59 Å². The lowest BCUT2D eigenvalue weighted by molar-refractivity contribution is -0.127. The number of aromatic nitrogens is 1. The molecule has 0 saturated carbocycles. The van der Waals surface area contributed by atoms with Crippen molar-refractivity contribution < 1.29 is 9.59 Å². The SMILES string of the molecule is O=C1NCCN(C(=O)c2ccc3ncsc3c2)[C@@H]1c1cccs1. The Morgan fingerprint density at radius 3 is 3.04 bits per heavy atom. The Bertz CT molecular complexity index is 872. The fourth-order valence-corrected chi connectivity index (χ4v) is 4.32. The van der Waals surface area contributed by atoms with Crippen LogP contribution in [0.25, 0.3) is 10.2 Å². The van der Waals surface area contributed by atoms with Gasteiger partial charge in [-0.1, -0.05) is 6.07 Å². The van der Waals surface area contributed by atoms with Crippen LogP contribution in [0.15, 0.2) is 41.2 Å². The minimum absolute atomic E-state index is 0.117. The van der Waals surface area contributed by atoms with E-state index < -0.39 is 6.04 Å². The summed E-state index contributed by atoms with van der Waals surface area (Å²) in [5, 5.41) is 4.77. The van der Waals surface area contributed by atoms with Gasteiger partial charge in [-0.3, -0.25) is 9.59 Å². The van der Waals surface area contributed by atoms with E-state index in [1.807, 2.05) is 29.6 Å². The highest BCUT2D eigenvalue weighted by Gasteiger charge is 2.35. The first-order valence-electron chi connectivity index (χ1n) is 7.19. The number of hydrogen-bond acceptors (Lipinski definition) is 5. The average Bonchev–Trinajstić information content (AvgIpc) is 3.24. The summed E-state index contributed by atoms with van der Waals surface area (Å²) in [4.78, 5) is 32.0. The van der Waals surface area contributed by atoms with Crippen LogP contribution in [0.2, 0.25) is 0 Å². The summed E-state index contributed by atoms with van der Waals surface area (Å²) in [6.07, 6.45) is 0. The molecule has 1 N–H and O–H groups in total. The highest BCUT2D eigenvalue weighted by atomic mass is 32.1. The molecule has 0 radical (unpaired) electrons. The Labute approximate surface area is 140 Å². The molecular formula is C16H13N3O2S2. The molecule has 5 nitrogen and oxygen atoms in total. The van der Waals surface area contributed by atoms with Gasteiger partial charge in [-0.05, 0) is 29.6 Å². The highest BCUT2D eigenvalue weighted by molar-refractivity contribution is 7.16. The molecule has 2 aromatic heterocycles. The van der Waals surface area contributed by atoms with Crippen molar-refractivity contribution in [2.75, 3.05) is 13.1 Å². The number of carbonyl (C=O) groups is 2. The van der Waals surface area contributed by atoms with E-state index in [4.69, 9.17) is 0 Å². The number of benzene rings is 1. The fourth-order valence-electron chi connectivity index (χ4n) is 2.77. The van der Waals surface area contributed by atoms with E-state index in [1.54, 1.807) is 16.5 Å². The van der Waals surface area contributed by atoms with Crippen molar-refractivity contribution in [3.05, 3.63) is 51.7 Å². The topological polar surface area (TPSA) is 62.3 Å². The van der Waals surface area contributed by atoms with Crippen LogP contribution in [0.1, 0.15) is 21.3 Å². The van der Waals surface area contributed by atoms with E-state index in [2.05, 4.69) is 10.3 Å². The molecule has 1 saturated heterocycles. The Kier molecular flexibility index (Phi) is 3.59. The molecule has 0 bridgehead atoms. The first-order chi connectivity index (χ1) is 11.2. The minimum Gasteiger partial charge on any atom is -0.352 e. The second-order valence-corrected chi connectivity index (χ2v) is 7.11. The number of thiophene rings is 1. The molecule has 0 spiro atoms. The van der Waals surface area contributed by atoms with Gasteiger partial charge in [0.1, 0.15) is 6.04 Å². The third-order valence-corrected chi connectivity index (χ3v) is 5.58. The van der Waals surface area contributed by atoms with E-state index in [0.717, 1.165) is 15.1 Å². The zero-order valence-corrected chi connectivity index (χ0v) is 13.7. The predicted molar refractivity (Wildman–Crippen MR) is 90.7 cm³/mol. The summed E-state index contributed by atoms with van der Waals surface area (Å²) in [7, 11) is 0. The van der Waals surface area contributed by atoms with Gasteiger partial charge in [0.05, 0.1) is 15.7 Å². The van der Waals surface area contributed by atoms with Crippen LogP contribution in [0.5, 0.6) is 0 Å². The lowest BCUT2D eigenvalue weighted by Gasteiger charge is -2.34. The van der Waals surface area contributed by atoms with Crippen LogP contribution < -0.4 is 5.32 Å². The summed E-state index contributed by atoms with van der Waals surface area (Å²) in [6.45, 7) is 0.989. The van der Waals surface area contributed by atoms with Crippen LogP contribution in [0.4, 0.5) is 0 Å². The quantitative estimate of drug-likeness (QED) is 0.778. The molecule has 7 heteroatoms. The van der Waals surface area contributed by atoms with Gasteiger partial charge < -0.3 is 10.2 Å². The molecule has 1 aromatic carbocycles. The zero-order chi connectivity index (χ0) is 15.8. The molecule has 1 atom stereocenters. The maximum atomic E-state index is 13.0. The van der Waals surface area contributed by atoms with Crippen LogP contribution in [0, 0.1) is 0 Å². The third-order valence-electron chi connectivity index (χ3n) is 3.86. The molecule has 1 aliphatic rings. The molecule has 0 unspecified atom stereocenters. The molecule has 3 heterocycles. The number of nitrogens with zero attached hydrogens (tertiary/aromatic N) is 2. The van der Waals surface area contributed by atoms with Gasteiger partial charge in [0, 0.05) is 23.5 Å². The van der Waals surface area contributed by atoms with Crippen molar-refractivity contribution in [2.45, 2.75) is 6.04 Å². The van der Waals surface area contributed by atoms with Gasteiger partial charge >= 0.3 is 0 Å². The van der Waals surface area contributed by atoms with Crippen LogP contribution in [-0.4, -0.2) is 34.8 Å². The maximum Gasteiger partial charge on any atom is 0.254 e. The molecule has 0 aliphatic carbocycles. The number of hydrogen-bond donors (Lipinski definition) is 1. The molecule has 23 heavy (non-hydrogen) atoms. The summed E-state index contributed by atoms with van der Waals surface area (Å²) in [6, 6.07) is 8.73. The largest absolute Gasteiger partial charge is 0.352 e. The summed E-state index contributed by atoms with van der Waals surface area (Å²) < 4.78 is 0.977. The van der Waals surface area contributed by atoms with Crippen molar-refractivity contribution >= 4 is 44.7 Å². The third kappa shape index (κ3) is 2.51. The Hall–Kier alpha value is -2.25. The molecule has 2 amide bonds. The van der Waals surface area contributed by atoms with Crippen LogP contribution in [0.3, 0.4) is 0 Å². The van der Waals surface area contributed by atoms with Gasteiger partial charge in [0.25, 0.3) is 5.91 Å². The molecular weight excluding hydrogens is 330 g/mol. The van der Waals surface area contributed by atoms with E-state index >= 15 is 0 Å². The summed E-state index contributed by atoms with van der Waals surface area (Å²) in [5.41, 5.74) is 3.25. The summed E-state index contributed by atoms with van der Waals surface area (Å²) in [5.74, 6) is -0.237. The average molecular weight is 343 g/mol. The monoisotopic (exact) mass is 343 g/mol. The normalized spacial score (nSPS) is 18.2. The molecule has 1 aliphatic heterocycles. The van der Waals surface area contributed by atoms with Gasteiger partial charge in [0.2, 0.25) is 5.91 Å². The van der Waals surface area contributed by atoms with Crippen molar-refractivity contribution in [3.63, 3.8) is 0 Å². The minimum atomic E-state index is -0.548. The number of fused-ring (bicyclic) bond motifs is 1. The molecule has 3 aromatic rings. The number of nitrogens with one attached hydrogen (secondary N) is 1. The van der Waals surface area contributed by atoms with Gasteiger partial charge in [0.15, 0.2) is 0 Å². The van der Waals surface area contributed by atoms with Crippen molar-refractivity contribution in [1.82, 2.24) is 15.2 Å². The maximum absolute atomic E-state index is 13.0. The lowest BCUT2D eigenvalue weighted by Crippen LogP contribution is -2.51. The second-order valence-electron chi connectivity index (χ2n) is 5.24. The number of carbonyl (C=O) groups excluding carboxylic acids is 2. The standard InChI is InChI=1S/C16H13N3O2S2/c20-15-14(12-2-1-7-22-12)19(6-5-17-15)16(21)10-3-4-11-13(8-10)23-9-18-11/h1-4,7-9,14H,5-6H2,(H,17,20)/t14-/m1/s1.